The Morgan fingerprint density at radius 3 is 2.78 bits per heavy atom. The minimum Gasteiger partial charge on any atom is -0.465 e. The van der Waals surface area contributed by atoms with Gasteiger partial charge in [-0.25, -0.2) is 0 Å². The van der Waals surface area contributed by atoms with Crippen LogP contribution in [0.3, 0.4) is 0 Å². The van der Waals surface area contributed by atoms with Gasteiger partial charge in [-0.1, -0.05) is 43.7 Å². The van der Waals surface area contributed by atoms with Crippen molar-refractivity contribution in [3.05, 3.63) is 35.9 Å². The molecule has 2 aliphatic rings. The third-order valence-corrected chi connectivity index (χ3v) is 5.53. The fourth-order valence-electron chi connectivity index (χ4n) is 4.18. The number of hydrogen-bond acceptors (Lipinski definition) is 3. The highest BCUT2D eigenvalue weighted by molar-refractivity contribution is 5.70. The Hall–Kier alpha value is -1.35. The zero-order valence-electron chi connectivity index (χ0n) is 14.2. The van der Waals surface area contributed by atoms with E-state index < -0.39 is 0 Å². The van der Waals surface area contributed by atoms with Crippen LogP contribution in [0.15, 0.2) is 30.3 Å². The van der Waals surface area contributed by atoms with E-state index in [2.05, 4.69) is 24.0 Å². The topological polar surface area (TPSA) is 29.5 Å². The number of hydrogen-bond donors (Lipinski definition) is 0. The van der Waals surface area contributed by atoms with Crippen molar-refractivity contribution in [3.63, 3.8) is 0 Å². The Balaban J connectivity index is 1.46. The normalized spacial score (nSPS) is 26.3. The molecule has 0 aliphatic carbocycles. The fourth-order valence-corrected chi connectivity index (χ4v) is 4.18. The maximum atomic E-state index is 12.2. The maximum absolute atomic E-state index is 12.2. The summed E-state index contributed by atoms with van der Waals surface area (Å²) in [5, 5.41) is 0. The van der Waals surface area contributed by atoms with Crippen LogP contribution in [-0.2, 0) is 9.53 Å². The summed E-state index contributed by atoms with van der Waals surface area (Å²) in [5.41, 5.74) is 1.21. The molecule has 3 heteroatoms. The summed E-state index contributed by atoms with van der Waals surface area (Å²) in [6.07, 6.45) is 6.88. The van der Waals surface area contributed by atoms with Crippen molar-refractivity contribution < 1.29 is 9.53 Å². The zero-order chi connectivity index (χ0) is 16.1. The minimum absolute atomic E-state index is 0.0470. The van der Waals surface area contributed by atoms with Crippen LogP contribution in [-0.4, -0.2) is 36.6 Å². The first kappa shape index (κ1) is 16.5. The van der Waals surface area contributed by atoms with E-state index in [9.17, 15) is 4.79 Å². The Labute approximate surface area is 140 Å². The van der Waals surface area contributed by atoms with Crippen molar-refractivity contribution in [1.29, 1.82) is 0 Å². The summed E-state index contributed by atoms with van der Waals surface area (Å²) in [6.45, 7) is 5.18. The maximum Gasteiger partial charge on any atom is 0.306 e. The van der Waals surface area contributed by atoms with Gasteiger partial charge in [-0.05, 0) is 50.3 Å². The van der Waals surface area contributed by atoms with E-state index in [-0.39, 0.29) is 11.9 Å². The van der Waals surface area contributed by atoms with Crippen molar-refractivity contribution in [1.82, 2.24) is 4.90 Å². The van der Waals surface area contributed by atoms with E-state index in [1.807, 2.05) is 18.2 Å². The molecule has 0 bridgehead atoms. The average molecular weight is 315 g/mol. The molecule has 0 aromatic heterocycles. The predicted octanol–water partition coefficient (Wildman–Crippen LogP) is 3.99. The van der Waals surface area contributed by atoms with Crippen LogP contribution < -0.4 is 0 Å². The van der Waals surface area contributed by atoms with Gasteiger partial charge in [0.15, 0.2) is 0 Å². The smallest absolute Gasteiger partial charge is 0.306 e. The molecular weight excluding hydrogens is 286 g/mol. The second kappa shape index (κ2) is 7.96. The van der Waals surface area contributed by atoms with Crippen LogP contribution >= 0.6 is 0 Å². The summed E-state index contributed by atoms with van der Waals surface area (Å²) in [7, 11) is 0. The van der Waals surface area contributed by atoms with Crippen molar-refractivity contribution in [2.75, 3.05) is 19.7 Å². The molecule has 0 radical (unpaired) electrons. The number of rotatable bonds is 5. The van der Waals surface area contributed by atoms with E-state index in [1.54, 1.807) is 0 Å². The Bertz CT molecular complexity index is 500. The number of benzene rings is 1. The molecule has 3 rings (SSSR count). The van der Waals surface area contributed by atoms with Gasteiger partial charge in [0.25, 0.3) is 0 Å². The van der Waals surface area contributed by atoms with Crippen molar-refractivity contribution in [2.45, 2.75) is 57.4 Å². The molecule has 2 aliphatic heterocycles. The van der Waals surface area contributed by atoms with Gasteiger partial charge >= 0.3 is 5.97 Å². The third kappa shape index (κ3) is 4.35. The van der Waals surface area contributed by atoms with Gasteiger partial charge in [0.05, 0.1) is 13.0 Å². The van der Waals surface area contributed by atoms with Gasteiger partial charge in [0.2, 0.25) is 0 Å². The van der Waals surface area contributed by atoms with Gasteiger partial charge in [-0.2, -0.15) is 0 Å². The van der Waals surface area contributed by atoms with Crippen LogP contribution in [0.4, 0.5) is 0 Å². The van der Waals surface area contributed by atoms with E-state index >= 15 is 0 Å². The quantitative estimate of drug-likeness (QED) is 0.770. The molecule has 23 heavy (non-hydrogen) atoms. The summed E-state index contributed by atoms with van der Waals surface area (Å²) in [4.78, 5) is 14.8. The van der Waals surface area contributed by atoms with E-state index in [1.165, 1.54) is 50.8 Å². The highest BCUT2D eigenvalue weighted by Crippen LogP contribution is 2.31. The van der Waals surface area contributed by atoms with E-state index in [0.717, 1.165) is 0 Å². The molecule has 0 saturated carbocycles. The number of carbonyl (C=O) groups is 1. The Kier molecular flexibility index (Phi) is 5.71. The molecule has 2 saturated heterocycles. The first-order chi connectivity index (χ1) is 11.2. The van der Waals surface area contributed by atoms with Crippen LogP contribution in [0.1, 0.15) is 56.9 Å². The molecule has 2 fully saturated rings. The van der Waals surface area contributed by atoms with Gasteiger partial charge < -0.3 is 4.74 Å². The number of nitrogens with zero attached hydrogens (tertiary/aromatic N) is 1. The van der Waals surface area contributed by atoms with Crippen LogP contribution in [0, 0.1) is 5.92 Å². The fraction of sp³-hybridized carbons (Fsp3) is 0.650. The monoisotopic (exact) mass is 315 g/mol. The van der Waals surface area contributed by atoms with E-state index in [4.69, 9.17) is 4.74 Å². The lowest BCUT2D eigenvalue weighted by atomic mass is 9.84. The average Bonchev–Trinajstić information content (AvgIpc) is 2.60. The molecule has 126 valence electrons. The lowest BCUT2D eigenvalue weighted by Gasteiger charge is -2.44. The van der Waals surface area contributed by atoms with Gasteiger partial charge in [-0.15, -0.1) is 0 Å². The van der Waals surface area contributed by atoms with E-state index in [0.29, 0.717) is 25.0 Å². The predicted molar refractivity (Wildman–Crippen MR) is 92.4 cm³/mol. The molecule has 2 heterocycles. The molecule has 1 aromatic carbocycles. The molecule has 0 spiro atoms. The molecule has 3 nitrogen and oxygen atoms in total. The Morgan fingerprint density at radius 1 is 1.17 bits per heavy atom. The lowest BCUT2D eigenvalue weighted by Crippen LogP contribution is -2.49. The number of fused-ring (bicyclic) bond motifs is 1. The standard InChI is InChI=1S/C20H29NO2/c1-16(17-8-3-2-4-9-17)14-20(22)23-15-18-10-7-13-21-12-6-5-11-19(18)21/h2-4,8-9,16,18-19H,5-7,10-15H2,1H3/t16-,18+,19-/m1/s1. The molecule has 0 amide bonds. The zero-order valence-corrected chi connectivity index (χ0v) is 14.2. The van der Waals surface area contributed by atoms with Gasteiger partial charge in [0, 0.05) is 12.0 Å². The number of piperidine rings is 2. The third-order valence-electron chi connectivity index (χ3n) is 5.53. The summed E-state index contributed by atoms with van der Waals surface area (Å²) in [5.74, 6) is 0.718. The second-order valence-corrected chi connectivity index (χ2v) is 7.20. The number of carbonyl (C=O) groups excluding carboxylic acids is 1. The molecule has 0 N–H and O–H groups in total. The van der Waals surface area contributed by atoms with Crippen molar-refractivity contribution in [2.24, 2.45) is 5.92 Å². The van der Waals surface area contributed by atoms with Crippen LogP contribution in [0.25, 0.3) is 0 Å². The number of ether oxygens (including phenoxy) is 1. The number of esters is 1. The largest absolute Gasteiger partial charge is 0.465 e. The lowest BCUT2D eigenvalue weighted by molar-refractivity contribution is -0.147. The molecule has 0 unspecified atom stereocenters. The molecule has 3 atom stereocenters. The van der Waals surface area contributed by atoms with Crippen molar-refractivity contribution in [3.8, 4) is 0 Å². The minimum atomic E-state index is -0.0470. The summed E-state index contributed by atoms with van der Waals surface area (Å²) >= 11 is 0. The summed E-state index contributed by atoms with van der Waals surface area (Å²) in [6, 6.07) is 10.9. The second-order valence-electron chi connectivity index (χ2n) is 7.20. The van der Waals surface area contributed by atoms with Crippen LogP contribution in [0.2, 0.25) is 0 Å². The Morgan fingerprint density at radius 2 is 1.96 bits per heavy atom. The van der Waals surface area contributed by atoms with Gasteiger partial charge in [0.1, 0.15) is 0 Å². The summed E-state index contributed by atoms with van der Waals surface area (Å²) < 4.78 is 5.66. The highest BCUT2D eigenvalue weighted by Gasteiger charge is 2.33. The van der Waals surface area contributed by atoms with Crippen molar-refractivity contribution >= 4 is 5.97 Å². The molecule has 1 aromatic rings. The molecular formula is C20H29NO2. The first-order valence-corrected chi connectivity index (χ1v) is 9.18. The SMILES string of the molecule is C[C@H](CC(=O)OC[C@@H]1CCCN2CCCC[C@H]12)c1ccccc1. The van der Waals surface area contributed by atoms with Crippen LogP contribution in [0.5, 0.6) is 0 Å². The highest BCUT2D eigenvalue weighted by atomic mass is 16.5. The first-order valence-electron chi connectivity index (χ1n) is 9.18. The van der Waals surface area contributed by atoms with Gasteiger partial charge in [-0.3, -0.25) is 9.69 Å².